The van der Waals surface area contributed by atoms with Gasteiger partial charge in [-0.25, -0.2) is 0 Å². The summed E-state index contributed by atoms with van der Waals surface area (Å²) in [6, 6.07) is 0.136. The van der Waals surface area contributed by atoms with Crippen LogP contribution in [-0.4, -0.2) is 35.0 Å². The minimum absolute atomic E-state index is 0.0240. The lowest BCUT2D eigenvalue weighted by atomic mass is 9.67. The molecule has 4 atom stereocenters. The molecule has 2 aliphatic carbocycles. The van der Waals surface area contributed by atoms with E-state index < -0.39 is 0 Å². The van der Waals surface area contributed by atoms with Crippen molar-refractivity contribution < 1.29 is 14.3 Å². The van der Waals surface area contributed by atoms with E-state index in [2.05, 4.69) is 0 Å². The molecule has 1 spiro atoms. The lowest BCUT2D eigenvalue weighted by Crippen LogP contribution is -2.78. The van der Waals surface area contributed by atoms with E-state index in [1.807, 2.05) is 4.90 Å². The minimum atomic E-state index is -0.386. The minimum Gasteiger partial charge on any atom is -0.352 e. The highest BCUT2D eigenvalue weighted by atomic mass is 16.5. The third-order valence-corrected chi connectivity index (χ3v) is 5.97. The van der Waals surface area contributed by atoms with Crippen molar-refractivity contribution in [1.82, 2.24) is 4.90 Å². The van der Waals surface area contributed by atoms with Crippen molar-refractivity contribution in [3.05, 3.63) is 0 Å². The fourth-order valence-corrected chi connectivity index (χ4v) is 5.07. The van der Waals surface area contributed by atoms with Gasteiger partial charge < -0.3 is 14.4 Å². The normalized spacial score (nSPS) is 42.6. The monoisotopic (exact) mass is 277 g/mol. The lowest BCUT2D eigenvalue weighted by molar-refractivity contribution is -0.298. The third-order valence-electron chi connectivity index (χ3n) is 5.97. The van der Waals surface area contributed by atoms with Gasteiger partial charge >= 0.3 is 0 Å². The van der Waals surface area contributed by atoms with Crippen LogP contribution < -0.4 is 0 Å². The highest BCUT2D eigenvalue weighted by molar-refractivity contribution is 5.99. The Hall–Kier alpha value is -0.900. The number of hydrogen-bond donors (Lipinski definition) is 0. The van der Waals surface area contributed by atoms with Crippen LogP contribution in [0.4, 0.5) is 0 Å². The molecule has 0 unspecified atom stereocenters. The van der Waals surface area contributed by atoms with Crippen molar-refractivity contribution in [2.45, 2.75) is 75.7 Å². The summed E-state index contributed by atoms with van der Waals surface area (Å²) in [5.74, 6) is 0.0310. The molecule has 4 nitrogen and oxygen atoms in total. The van der Waals surface area contributed by atoms with Crippen LogP contribution >= 0.6 is 0 Å². The molecule has 0 aromatic carbocycles. The predicted octanol–water partition coefficient (Wildman–Crippen LogP) is 2.26. The van der Waals surface area contributed by atoms with Gasteiger partial charge in [-0.15, -0.1) is 0 Å². The Morgan fingerprint density at radius 1 is 1.10 bits per heavy atom. The number of β-lactam (4-membered cyclic amide) rings is 1. The summed E-state index contributed by atoms with van der Waals surface area (Å²) in [6.07, 6.45) is 11.3. The molecule has 4 rings (SSSR count). The number of carbonyl (C=O) groups is 2. The first-order chi connectivity index (χ1) is 9.77. The summed E-state index contributed by atoms with van der Waals surface area (Å²) < 4.78 is 6.51. The van der Waals surface area contributed by atoms with Gasteiger partial charge in [0, 0.05) is 5.92 Å². The SMILES string of the molecule is O=C[C@H]1C(=O)N2[C@@H]1[C@H]1CCCC[C@H]1OC21CCCCC1. The van der Waals surface area contributed by atoms with E-state index in [9.17, 15) is 9.59 Å². The van der Waals surface area contributed by atoms with Gasteiger partial charge in [0.05, 0.1) is 12.1 Å². The number of hydrogen-bond acceptors (Lipinski definition) is 3. The van der Waals surface area contributed by atoms with Crippen LogP contribution in [0.25, 0.3) is 0 Å². The van der Waals surface area contributed by atoms with Crippen LogP contribution in [-0.2, 0) is 14.3 Å². The Kier molecular flexibility index (Phi) is 2.92. The van der Waals surface area contributed by atoms with E-state index >= 15 is 0 Å². The van der Waals surface area contributed by atoms with E-state index in [1.54, 1.807) is 0 Å². The van der Waals surface area contributed by atoms with Gasteiger partial charge in [-0.2, -0.15) is 0 Å². The molecule has 0 radical (unpaired) electrons. The summed E-state index contributed by atoms with van der Waals surface area (Å²) in [5, 5.41) is 0. The number of amides is 1. The van der Waals surface area contributed by atoms with Gasteiger partial charge in [0.1, 0.15) is 17.9 Å². The predicted molar refractivity (Wildman–Crippen MR) is 72.8 cm³/mol. The maximum absolute atomic E-state index is 12.4. The van der Waals surface area contributed by atoms with E-state index in [4.69, 9.17) is 4.74 Å². The van der Waals surface area contributed by atoms with Crippen LogP contribution in [0.15, 0.2) is 0 Å². The topological polar surface area (TPSA) is 46.6 Å². The van der Waals surface area contributed by atoms with Crippen LogP contribution in [0.5, 0.6) is 0 Å². The summed E-state index contributed by atoms with van der Waals surface area (Å²) in [4.78, 5) is 25.7. The maximum Gasteiger partial charge on any atom is 0.237 e. The van der Waals surface area contributed by atoms with Crippen LogP contribution in [0.3, 0.4) is 0 Å². The van der Waals surface area contributed by atoms with Crippen LogP contribution in [0, 0.1) is 11.8 Å². The lowest BCUT2D eigenvalue weighted by Gasteiger charge is -2.65. The molecule has 1 amide bonds. The zero-order valence-electron chi connectivity index (χ0n) is 11.9. The van der Waals surface area contributed by atoms with Crippen LogP contribution in [0.2, 0.25) is 0 Å². The number of carbonyl (C=O) groups excluding carboxylic acids is 2. The number of ether oxygens (including phenoxy) is 1. The summed E-state index contributed by atoms with van der Waals surface area (Å²) in [6.45, 7) is 0. The first kappa shape index (κ1) is 12.8. The van der Waals surface area contributed by atoms with Crippen molar-refractivity contribution in [3.8, 4) is 0 Å². The van der Waals surface area contributed by atoms with E-state index in [0.29, 0.717) is 5.92 Å². The Labute approximate surface area is 119 Å². The molecule has 0 aromatic rings. The Morgan fingerprint density at radius 3 is 2.60 bits per heavy atom. The molecule has 20 heavy (non-hydrogen) atoms. The molecular weight excluding hydrogens is 254 g/mol. The van der Waals surface area contributed by atoms with Gasteiger partial charge in [-0.1, -0.05) is 19.3 Å². The van der Waals surface area contributed by atoms with Crippen molar-refractivity contribution in [3.63, 3.8) is 0 Å². The smallest absolute Gasteiger partial charge is 0.237 e. The second-order valence-electron chi connectivity index (χ2n) is 6.97. The van der Waals surface area contributed by atoms with E-state index in [-0.39, 0.29) is 29.7 Å². The molecule has 0 aromatic heterocycles. The third kappa shape index (κ3) is 1.57. The first-order valence-electron chi connectivity index (χ1n) is 8.23. The summed E-state index contributed by atoms with van der Waals surface area (Å²) >= 11 is 0. The average Bonchev–Trinajstić information content (AvgIpc) is 2.47. The number of rotatable bonds is 1. The fraction of sp³-hybridized carbons (Fsp3) is 0.875. The Morgan fingerprint density at radius 2 is 1.85 bits per heavy atom. The Bertz CT molecular complexity index is 429. The molecule has 2 saturated heterocycles. The second-order valence-corrected chi connectivity index (χ2v) is 6.97. The van der Waals surface area contributed by atoms with E-state index in [1.165, 1.54) is 19.3 Å². The van der Waals surface area contributed by atoms with Gasteiger partial charge in [0.25, 0.3) is 0 Å². The van der Waals surface area contributed by atoms with Crippen molar-refractivity contribution in [2.24, 2.45) is 11.8 Å². The molecule has 0 bridgehead atoms. The molecule has 4 fully saturated rings. The largest absolute Gasteiger partial charge is 0.352 e. The zero-order valence-corrected chi connectivity index (χ0v) is 11.9. The van der Waals surface area contributed by atoms with E-state index in [0.717, 1.165) is 44.8 Å². The van der Waals surface area contributed by atoms with Gasteiger partial charge in [0.2, 0.25) is 5.91 Å². The van der Waals surface area contributed by atoms with Gasteiger partial charge in [-0.3, -0.25) is 4.79 Å². The molecule has 2 heterocycles. The van der Waals surface area contributed by atoms with Crippen molar-refractivity contribution in [1.29, 1.82) is 0 Å². The summed E-state index contributed by atoms with van der Waals surface area (Å²) in [5.41, 5.74) is -0.363. The maximum atomic E-state index is 12.4. The molecule has 2 aliphatic heterocycles. The molecule has 110 valence electrons. The van der Waals surface area contributed by atoms with Gasteiger partial charge in [0.15, 0.2) is 0 Å². The quantitative estimate of drug-likeness (QED) is 0.419. The van der Waals surface area contributed by atoms with Crippen molar-refractivity contribution >= 4 is 12.2 Å². The standard InChI is InChI=1S/C16H23NO3/c18-10-12-14-11-6-2-3-7-13(11)20-16(17(14)15(12)19)8-4-1-5-9-16/h10-14H,1-9H2/t11-,12+,13+,14+/m0/s1. The summed E-state index contributed by atoms with van der Waals surface area (Å²) in [7, 11) is 0. The highest BCUT2D eigenvalue weighted by Crippen LogP contribution is 2.53. The molecule has 4 aliphatic rings. The average molecular weight is 277 g/mol. The number of fused-ring (bicyclic) bond motifs is 4. The zero-order chi connectivity index (χ0) is 13.7. The molecule has 2 saturated carbocycles. The molecular formula is C16H23NO3. The van der Waals surface area contributed by atoms with Gasteiger partial charge in [-0.05, 0) is 38.5 Å². The van der Waals surface area contributed by atoms with Crippen molar-refractivity contribution in [2.75, 3.05) is 0 Å². The number of nitrogens with zero attached hydrogens (tertiary/aromatic N) is 1. The van der Waals surface area contributed by atoms with Crippen LogP contribution in [0.1, 0.15) is 57.8 Å². The highest BCUT2D eigenvalue weighted by Gasteiger charge is 2.64. The number of aldehydes is 1. The molecule has 4 heteroatoms. The fourth-order valence-electron chi connectivity index (χ4n) is 5.07. The second kappa shape index (κ2) is 4.55. The Balaban J connectivity index is 1.69. The molecule has 0 N–H and O–H groups in total. The first-order valence-corrected chi connectivity index (χ1v) is 8.23.